The Labute approximate surface area is 158 Å². The SMILES string of the molecule is C#CCC(=O)C1CCC(N2C(=O)CC(SCC(CC)C(=O)O)C2=O)CC1. The van der Waals surface area contributed by atoms with E-state index < -0.39 is 17.1 Å². The van der Waals surface area contributed by atoms with E-state index >= 15 is 0 Å². The highest BCUT2D eigenvalue weighted by Crippen LogP contribution is 2.35. The molecule has 142 valence electrons. The number of likely N-dealkylation sites (tertiary alicyclic amines) is 1. The maximum absolute atomic E-state index is 12.6. The number of carbonyl (C=O) groups excluding carboxylic acids is 3. The first-order valence-corrected chi connectivity index (χ1v) is 10.1. The van der Waals surface area contributed by atoms with E-state index in [-0.39, 0.29) is 42.4 Å². The molecule has 1 saturated heterocycles. The molecule has 0 aromatic heterocycles. The summed E-state index contributed by atoms with van der Waals surface area (Å²) in [4.78, 5) is 49.4. The minimum atomic E-state index is -0.872. The quantitative estimate of drug-likeness (QED) is 0.513. The second kappa shape index (κ2) is 9.22. The summed E-state index contributed by atoms with van der Waals surface area (Å²) < 4.78 is 0. The molecule has 1 N–H and O–H groups in total. The fraction of sp³-hybridized carbons (Fsp3) is 0.684. The first-order chi connectivity index (χ1) is 12.4. The summed E-state index contributed by atoms with van der Waals surface area (Å²) in [5.74, 6) is 0.931. The van der Waals surface area contributed by atoms with Gasteiger partial charge in [0.05, 0.1) is 17.6 Å². The molecule has 7 heteroatoms. The highest BCUT2D eigenvalue weighted by Gasteiger charge is 2.44. The van der Waals surface area contributed by atoms with Gasteiger partial charge in [0.1, 0.15) is 5.78 Å². The van der Waals surface area contributed by atoms with Crippen molar-refractivity contribution in [3.63, 3.8) is 0 Å². The van der Waals surface area contributed by atoms with Gasteiger partial charge in [-0.3, -0.25) is 24.1 Å². The fourth-order valence-corrected chi connectivity index (χ4v) is 4.99. The van der Waals surface area contributed by atoms with Crippen LogP contribution in [0.2, 0.25) is 0 Å². The van der Waals surface area contributed by atoms with Crippen molar-refractivity contribution in [2.45, 2.75) is 63.2 Å². The molecule has 1 heterocycles. The molecule has 1 aliphatic carbocycles. The Kier molecular flexibility index (Phi) is 7.27. The van der Waals surface area contributed by atoms with Crippen LogP contribution in [0.15, 0.2) is 0 Å². The van der Waals surface area contributed by atoms with E-state index in [0.717, 1.165) is 0 Å². The number of hydrogen-bond donors (Lipinski definition) is 1. The minimum Gasteiger partial charge on any atom is -0.481 e. The molecule has 0 aromatic rings. The van der Waals surface area contributed by atoms with Gasteiger partial charge in [-0.2, -0.15) is 0 Å². The number of rotatable bonds is 8. The number of thioether (sulfide) groups is 1. The molecule has 0 bridgehead atoms. The van der Waals surface area contributed by atoms with Crippen LogP contribution in [0.25, 0.3) is 0 Å². The molecular weight excluding hydrogens is 354 g/mol. The zero-order valence-electron chi connectivity index (χ0n) is 15.0. The summed E-state index contributed by atoms with van der Waals surface area (Å²) in [7, 11) is 0. The molecule has 2 rings (SSSR count). The molecule has 6 nitrogen and oxygen atoms in total. The molecule has 26 heavy (non-hydrogen) atoms. The third kappa shape index (κ3) is 4.67. The Morgan fingerprint density at radius 2 is 1.96 bits per heavy atom. The third-order valence-electron chi connectivity index (χ3n) is 5.28. The second-order valence-corrected chi connectivity index (χ2v) is 8.16. The van der Waals surface area contributed by atoms with E-state index in [1.54, 1.807) is 6.92 Å². The second-order valence-electron chi connectivity index (χ2n) is 6.92. The molecule has 2 aliphatic rings. The maximum Gasteiger partial charge on any atom is 0.307 e. The van der Waals surface area contributed by atoms with Gasteiger partial charge in [-0.05, 0) is 32.1 Å². The van der Waals surface area contributed by atoms with Crippen LogP contribution in [0, 0.1) is 24.2 Å². The van der Waals surface area contributed by atoms with Gasteiger partial charge in [0.25, 0.3) is 0 Å². The summed E-state index contributed by atoms with van der Waals surface area (Å²) in [6.45, 7) is 1.80. The summed E-state index contributed by atoms with van der Waals surface area (Å²) in [5, 5.41) is 8.62. The summed E-state index contributed by atoms with van der Waals surface area (Å²) >= 11 is 1.27. The van der Waals surface area contributed by atoms with Gasteiger partial charge in [-0.15, -0.1) is 18.2 Å². The number of aliphatic carboxylic acids is 1. The Morgan fingerprint density at radius 3 is 2.50 bits per heavy atom. The van der Waals surface area contributed by atoms with Gasteiger partial charge >= 0.3 is 5.97 Å². The van der Waals surface area contributed by atoms with E-state index in [2.05, 4.69) is 5.92 Å². The summed E-state index contributed by atoms with van der Waals surface area (Å²) in [5.41, 5.74) is 0. The van der Waals surface area contributed by atoms with Crippen LogP contribution in [0.4, 0.5) is 0 Å². The van der Waals surface area contributed by atoms with Gasteiger partial charge in [0.2, 0.25) is 11.8 Å². The van der Waals surface area contributed by atoms with Crippen LogP contribution in [0.5, 0.6) is 0 Å². The highest BCUT2D eigenvalue weighted by molar-refractivity contribution is 8.00. The average Bonchev–Trinajstić information content (AvgIpc) is 2.89. The molecular formula is C19H25NO5S. The van der Waals surface area contributed by atoms with Crippen molar-refractivity contribution in [2.75, 3.05) is 5.75 Å². The number of imide groups is 1. The Hall–Kier alpha value is -1.81. The number of nitrogens with zero attached hydrogens (tertiary/aromatic N) is 1. The van der Waals surface area contributed by atoms with Gasteiger partial charge in [-0.25, -0.2) is 0 Å². The molecule has 2 fully saturated rings. The monoisotopic (exact) mass is 379 g/mol. The van der Waals surface area contributed by atoms with Crippen molar-refractivity contribution in [1.82, 2.24) is 4.90 Å². The van der Waals surface area contributed by atoms with Crippen molar-refractivity contribution in [3.8, 4) is 12.3 Å². The predicted octanol–water partition coefficient (Wildman–Crippen LogP) is 2.11. The normalized spacial score (nSPS) is 27.2. The van der Waals surface area contributed by atoms with Crippen LogP contribution >= 0.6 is 11.8 Å². The number of amides is 2. The minimum absolute atomic E-state index is 0.0673. The van der Waals surface area contributed by atoms with E-state index in [0.29, 0.717) is 37.9 Å². The number of carboxylic acid groups (broad SMARTS) is 1. The standard InChI is InChI=1S/C19H25NO5S/c1-3-5-15(21)13-6-8-14(9-7-13)20-17(22)10-16(18(20)23)26-11-12(4-2)19(24)25/h1,12-14,16H,4-11H2,2H3,(H,24,25). The van der Waals surface area contributed by atoms with E-state index in [4.69, 9.17) is 11.5 Å². The third-order valence-corrected chi connectivity index (χ3v) is 6.64. The van der Waals surface area contributed by atoms with Crippen LogP contribution in [0.1, 0.15) is 51.9 Å². The van der Waals surface area contributed by atoms with Crippen molar-refractivity contribution in [1.29, 1.82) is 0 Å². The molecule has 0 aromatic carbocycles. The van der Waals surface area contributed by atoms with Crippen LogP contribution < -0.4 is 0 Å². The zero-order chi connectivity index (χ0) is 19.3. The zero-order valence-corrected chi connectivity index (χ0v) is 15.8. The van der Waals surface area contributed by atoms with E-state index in [1.165, 1.54) is 16.7 Å². The van der Waals surface area contributed by atoms with Gasteiger partial charge in [0.15, 0.2) is 0 Å². The van der Waals surface area contributed by atoms with Gasteiger partial charge in [-0.1, -0.05) is 12.8 Å². The lowest BCUT2D eigenvalue weighted by molar-refractivity contribution is -0.143. The molecule has 2 amide bonds. The molecule has 2 atom stereocenters. The number of terminal acetylenes is 1. The summed E-state index contributed by atoms with van der Waals surface area (Å²) in [6, 6.07) is -0.156. The molecule has 2 unspecified atom stereocenters. The molecule has 0 spiro atoms. The van der Waals surface area contributed by atoms with Crippen LogP contribution in [-0.2, 0) is 19.2 Å². The average molecular weight is 379 g/mol. The number of ketones is 1. The maximum atomic E-state index is 12.6. The lowest BCUT2D eigenvalue weighted by atomic mass is 9.82. The Bertz CT molecular complexity index is 618. The Balaban J connectivity index is 1.90. The first-order valence-electron chi connectivity index (χ1n) is 9.05. The Morgan fingerprint density at radius 1 is 1.31 bits per heavy atom. The lowest BCUT2D eigenvalue weighted by Gasteiger charge is -2.33. The van der Waals surface area contributed by atoms with Crippen molar-refractivity contribution < 1.29 is 24.3 Å². The fourth-order valence-electron chi connectivity index (χ4n) is 3.63. The lowest BCUT2D eigenvalue weighted by Crippen LogP contribution is -2.43. The molecule has 0 radical (unpaired) electrons. The number of Topliss-reactive ketones (excluding diaryl/α,β-unsaturated/α-hetero) is 1. The van der Waals surface area contributed by atoms with Crippen LogP contribution in [0.3, 0.4) is 0 Å². The van der Waals surface area contributed by atoms with Crippen LogP contribution in [-0.4, -0.2) is 50.6 Å². The predicted molar refractivity (Wildman–Crippen MR) is 98.3 cm³/mol. The smallest absolute Gasteiger partial charge is 0.307 e. The van der Waals surface area contributed by atoms with Crippen molar-refractivity contribution in [3.05, 3.63) is 0 Å². The summed E-state index contributed by atoms with van der Waals surface area (Å²) in [6.07, 6.45) is 8.51. The van der Waals surface area contributed by atoms with Crippen molar-refractivity contribution >= 4 is 35.3 Å². The van der Waals surface area contributed by atoms with Gasteiger partial charge in [0, 0.05) is 24.1 Å². The van der Waals surface area contributed by atoms with E-state index in [9.17, 15) is 19.2 Å². The largest absolute Gasteiger partial charge is 0.481 e. The topological polar surface area (TPSA) is 91.8 Å². The molecule has 1 aliphatic heterocycles. The highest BCUT2D eigenvalue weighted by atomic mass is 32.2. The van der Waals surface area contributed by atoms with E-state index in [1.807, 2.05) is 0 Å². The first kappa shape index (κ1) is 20.5. The van der Waals surface area contributed by atoms with Gasteiger partial charge < -0.3 is 5.11 Å². The number of carboxylic acids is 1. The molecule has 1 saturated carbocycles. The van der Waals surface area contributed by atoms with Crippen molar-refractivity contribution in [2.24, 2.45) is 11.8 Å². The number of hydrogen-bond acceptors (Lipinski definition) is 5. The number of carbonyl (C=O) groups is 4.